The molecule has 4 N–H and O–H groups in total. The van der Waals surface area contributed by atoms with Crippen LogP contribution in [0.5, 0.6) is 0 Å². The van der Waals surface area contributed by atoms with Crippen LogP contribution in [0.2, 0.25) is 0 Å². The van der Waals surface area contributed by atoms with E-state index < -0.39 is 23.6 Å². The van der Waals surface area contributed by atoms with Crippen molar-refractivity contribution >= 4 is 41.0 Å². The number of halogens is 2. The van der Waals surface area contributed by atoms with Gasteiger partial charge in [0.05, 0.1) is 6.20 Å². The molecule has 2 aromatic heterocycles. The largest absolute Gasteiger partial charge is 0.367 e. The normalized spacial score (nSPS) is 17.3. The van der Waals surface area contributed by atoms with Crippen molar-refractivity contribution in [2.24, 2.45) is 0 Å². The molecule has 9 nitrogen and oxygen atoms in total. The maximum Gasteiger partial charge on any atom is 0.326 e. The Morgan fingerprint density at radius 3 is 2.53 bits per heavy atom. The second-order valence-electron chi connectivity index (χ2n) is 7.03. The van der Waals surface area contributed by atoms with E-state index in [1.54, 1.807) is 10.6 Å². The van der Waals surface area contributed by atoms with E-state index in [0.717, 1.165) is 31.0 Å². The Labute approximate surface area is 168 Å². The van der Waals surface area contributed by atoms with Crippen LogP contribution in [0.15, 0.2) is 36.2 Å². The number of nitrogens with one attached hydrogen (secondary N) is 4. The molecule has 0 unspecified atom stereocenters. The number of rotatable bonds is 5. The highest BCUT2D eigenvalue weighted by Crippen LogP contribution is 2.28. The molecule has 1 aliphatic heterocycles. The average Bonchev–Trinajstić information content (AvgIpc) is 3.30. The van der Waals surface area contributed by atoms with Gasteiger partial charge in [0.1, 0.15) is 29.0 Å². The van der Waals surface area contributed by atoms with E-state index >= 15 is 0 Å². The molecular weight excluding hydrogens is 396 g/mol. The molecular formula is C19H15F2N7O2. The van der Waals surface area contributed by atoms with E-state index in [-0.39, 0.29) is 11.4 Å². The second kappa shape index (κ2) is 6.79. The minimum atomic E-state index is -0.715. The summed E-state index contributed by atoms with van der Waals surface area (Å²) < 4.78 is 28.7. The number of anilines is 3. The van der Waals surface area contributed by atoms with Gasteiger partial charge in [0.2, 0.25) is 0 Å². The molecule has 0 bridgehead atoms. The van der Waals surface area contributed by atoms with Gasteiger partial charge in [-0.15, -0.1) is 0 Å². The third kappa shape index (κ3) is 3.52. The highest BCUT2D eigenvalue weighted by molar-refractivity contribution is 6.14. The standard InChI is InChI=1S/C19H15F2N7O2/c20-10-4-11(21)6-13(5-10)23-15-7-16(24-12-1-2-12)28-17(26-15)9(8-22-28)3-14-18(29)27-19(30)25-14/h3-8,12,24H,1-2H2,(H,23,26)(H2,25,27,29,30)/b14-3-. The van der Waals surface area contributed by atoms with Gasteiger partial charge in [-0.25, -0.2) is 18.6 Å². The van der Waals surface area contributed by atoms with Crippen molar-refractivity contribution in [1.82, 2.24) is 25.2 Å². The molecule has 3 aromatic rings. The molecule has 2 fully saturated rings. The van der Waals surface area contributed by atoms with Crippen LogP contribution in [0.4, 0.5) is 30.9 Å². The highest BCUT2D eigenvalue weighted by atomic mass is 19.1. The van der Waals surface area contributed by atoms with Crippen LogP contribution in [0, 0.1) is 11.6 Å². The third-order valence-corrected chi connectivity index (χ3v) is 4.58. The van der Waals surface area contributed by atoms with Crippen LogP contribution in [-0.2, 0) is 4.79 Å². The molecule has 0 atom stereocenters. The number of benzene rings is 1. The SMILES string of the molecule is O=C1NC(=O)/C(=C/c2cnn3c(NC4CC4)cc(Nc4cc(F)cc(F)c4)nc23)N1. The third-order valence-electron chi connectivity index (χ3n) is 4.58. The van der Waals surface area contributed by atoms with E-state index in [2.05, 4.69) is 31.3 Å². The molecule has 5 rings (SSSR count). The Morgan fingerprint density at radius 1 is 1.10 bits per heavy atom. The summed E-state index contributed by atoms with van der Waals surface area (Å²) in [5, 5.41) is 15.1. The number of hydrogen-bond acceptors (Lipinski definition) is 6. The number of hydrogen-bond donors (Lipinski definition) is 4. The number of carbonyl (C=O) groups is 2. The molecule has 3 amide bonds. The fraction of sp³-hybridized carbons (Fsp3) is 0.158. The first-order valence-electron chi connectivity index (χ1n) is 9.17. The number of carbonyl (C=O) groups excluding carboxylic acids is 2. The lowest BCUT2D eigenvalue weighted by Crippen LogP contribution is -2.22. The summed E-state index contributed by atoms with van der Waals surface area (Å²) >= 11 is 0. The maximum absolute atomic E-state index is 13.5. The number of nitrogens with zero attached hydrogens (tertiary/aromatic N) is 3. The van der Waals surface area contributed by atoms with Gasteiger partial charge in [0, 0.05) is 29.4 Å². The monoisotopic (exact) mass is 411 g/mol. The van der Waals surface area contributed by atoms with Crippen LogP contribution in [0.1, 0.15) is 18.4 Å². The zero-order valence-electron chi connectivity index (χ0n) is 15.4. The van der Waals surface area contributed by atoms with Crippen LogP contribution in [0.25, 0.3) is 11.7 Å². The van der Waals surface area contributed by atoms with Gasteiger partial charge in [-0.1, -0.05) is 0 Å². The van der Waals surface area contributed by atoms with Crippen molar-refractivity contribution in [3.05, 3.63) is 53.4 Å². The Hall–Kier alpha value is -4.02. The Bertz CT molecular complexity index is 1210. The summed E-state index contributed by atoms with van der Waals surface area (Å²) in [4.78, 5) is 27.7. The number of fused-ring (bicyclic) bond motifs is 1. The minimum absolute atomic E-state index is 0.0685. The Morgan fingerprint density at radius 2 is 1.87 bits per heavy atom. The number of imide groups is 1. The first-order valence-corrected chi connectivity index (χ1v) is 9.17. The topological polar surface area (TPSA) is 112 Å². The zero-order valence-corrected chi connectivity index (χ0v) is 15.4. The molecule has 152 valence electrons. The molecule has 2 aliphatic rings. The summed E-state index contributed by atoms with van der Waals surface area (Å²) in [6.45, 7) is 0. The van der Waals surface area contributed by atoms with Crippen molar-refractivity contribution in [3.8, 4) is 0 Å². The predicted molar refractivity (Wildman–Crippen MR) is 104 cm³/mol. The lowest BCUT2D eigenvalue weighted by atomic mass is 10.2. The van der Waals surface area contributed by atoms with Crippen LogP contribution < -0.4 is 21.3 Å². The number of aromatic nitrogens is 3. The van der Waals surface area contributed by atoms with Gasteiger partial charge in [0.15, 0.2) is 5.65 Å². The van der Waals surface area contributed by atoms with Crippen LogP contribution in [-0.4, -0.2) is 32.6 Å². The smallest absolute Gasteiger partial charge is 0.326 e. The van der Waals surface area contributed by atoms with Gasteiger partial charge in [0.25, 0.3) is 5.91 Å². The molecule has 1 aromatic carbocycles. The van der Waals surface area contributed by atoms with Crippen molar-refractivity contribution in [2.45, 2.75) is 18.9 Å². The Kier molecular flexibility index (Phi) is 4.09. The Balaban J connectivity index is 1.58. The van der Waals surface area contributed by atoms with Crippen LogP contribution >= 0.6 is 0 Å². The van der Waals surface area contributed by atoms with Crippen molar-refractivity contribution < 1.29 is 18.4 Å². The fourth-order valence-corrected chi connectivity index (χ4v) is 3.10. The fourth-order valence-electron chi connectivity index (χ4n) is 3.10. The molecule has 1 saturated carbocycles. The molecule has 3 heterocycles. The van der Waals surface area contributed by atoms with E-state index in [4.69, 9.17) is 0 Å². The predicted octanol–water partition coefficient (Wildman–Crippen LogP) is 2.51. The average molecular weight is 411 g/mol. The molecule has 0 radical (unpaired) electrons. The van der Waals surface area contributed by atoms with Crippen molar-refractivity contribution in [1.29, 1.82) is 0 Å². The molecule has 30 heavy (non-hydrogen) atoms. The quantitative estimate of drug-likeness (QED) is 0.379. The maximum atomic E-state index is 13.5. The zero-order chi connectivity index (χ0) is 20.8. The molecule has 11 heteroatoms. The lowest BCUT2D eigenvalue weighted by Gasteiger charge is -2.12. The number of amides is 3. The van der Waals surface area contributed by atoms with Crippen molar-refractivity contribution in [2.75, 3.05) is 10.6 Å². The molecule has 0 spiro atoms. The summed E-state index contributed by atoms with van der Waals surface area (Å²) in [5.41, 5.74) is 1.14. The molecule has 1 saturated heterocycles. The van der Waals surface area contributed by atoms with E-state index in [1.165, 1.54) is 12.3 Å². The highest BCUT2D eigenvalue weighted by Gasteiger charge is 2.25. The first kappa shape index (κ1) is 18.0. The van der Waals surface area contributed by atoms with Gasteiger partial charge in [-0.3, -0.25) is 10.1 Å². The van der Waals surface area contributed by atoms with E-state index in [0.29, 0.717) is 28.9 Å². The van der Waals surface area contributed by atoms with Gasteiger partial charge < -0.3 is 16.0 Å². The summed E-state index contributed by atoms with van der Waals surface area (Å²) in [6.07, 6.45) is 5.01. The lowest BCUT2D eigenvalue weighted by molar-refractivity contribution is -0.115. The minimum Gasteiger partial charge on any atom is -0.367 e. The van der Waals surface area contributed by atoms with E-state index in [9.17, 15) is 18.4 Å². The number of urea groups is 1. The summed E-state index contributed by atoms with van der Waals surface area (Å²) in [5.74, 6) is -1.03. The van der Waals surface area contributed by atoms with Gasteiger partial charge in [-0.05, 0) is 31.1 Å². The summed E-state index contributed by atoms with van der Waals surface area (Å²) in [7, 11) is 0. The van der Waals surface area contributed by atoms with Crippen LogP contribution in [0.3, 0.4) is 0 Å². The van der Waals surface area contributed by atoms with Gasteiger partial charge in [-0.2, -0.15) is 9.61 Å². The second-order valence-corrected chi connectivity index (χ2v) is 7.03. The molecule has 1 aliphatic carbocycles. The van der Waals surface area contributed by atoms with Crippen molar-refractivity contribution in [3.63, 3.8) is 0 Å². The van der Waals surface area contributed by atoms with Gasteiger partial charge >= 0.3 is 6.03 Å². The first-order chi connectivity index (χ1) is 14.4. The van der Waals surface area contributed by atoms with E-state index in [1.807, 2.05) is 0 Å². The summed E-state index contributed by atoms with van der Waals surface area (Å²) in [6, 6.07) is 4.47.